The lowest BCUT2D eigenvalue weighted by Crippen LogP contribution is -2.48. The maximum Gasteiger partial charge on any atom is 0.263 e. The first kappa shape index (κ1) is 20.1. The number of likely N-dealkylation sites (N-methyl/N-ethyl adjacent to an activating group) is 1. The van der Waals surface area contributed by atoms with E-state index in [2.05, 4.69) is 19.2 Å². The molecule has 0 saturated heterocycles. The van der Waals surface area contributed by atoms with Gasteiger partial charge < -0.3 is 15.3 Å². The van der Waals surface area contributed by atoms with Crippen molar-refractivity contribution in [3.05, 3.63) is 71.8 Å². The van der Waals surface area contributed by atoms with Crippen molar-refractivity contribution < 1.29 is 9.90 Å². The summed E-state index contributed by atoms with van der Waals surface area (Å²) in [6.45, 7) is 5.55. The fourth-order valence-corrected chi connectivity index (χ4v) is 3.16. The Labute approximate surface area is 156 Å². The molecule has 0 unspecified atom stereocenters. The molecule has 2 N–H and O–H groups in total. The number of carbonyl (C=O) groups excluding carboxylic acids is 1. The highest BCUT2D eigenvalue weighted by molar-refractivity contribution is 5.90. The Morgan fingerprint density at radius 3 is 1.88 bits per heavy atom. The molecule has 2 aromatic rings. The standard InChI is InChI=1S/C22H30N2O2/c1-4-20(5-2)23-16-17-24(3)21(25)22(26,18-12-8-6-9-13-18)19-14-10-7-11-15-19/h6-15,20,23,26H,4-5,16-17H2,1-3H3. The Hall–Kier alpha value is -2.17. The largest absolute Gasteiger partial charge is 0.372 e. The van der Waals surface area contributed by atoms with E-state index in [1.165, 1.54) is 0 Å². The summed E-state index contributed by atoms with van der Waals surface area (Å²) in [5.74, 6) is -0.318. The van der Waals surface area contributed by atoms with Gasteiger partial charge in [-0.3, -0.25) is 4.79 Å². The van der Waals surface area contributed by atoms with Crippen LogP contribution < -0.4 is 5.32 Å². The monoisotopic (exact) mass is 354 g/mol. The molecule has 4 nitrogen and oxygen atoms in total. The Morgan fingerprint density at radius 1 is 1.00 bits per heavy atom. The number of carbonyl (C=O) groups is 1. The van der Waals surface area contributed by atoms with Crippen molar-refractivity contribution in [2.24, 2.45) is 0 Å². The Bertz CT molecular complexity index is 630. The molecular formula is C22H30N2O2. The highest BCUT2D eigenvalue weighted by Crippen LogP contribution is 2.31. The van der Waals surface area contributed by atoms with E-state index in [-0.39, 0.29) is 5.91 Å². The van der Waals surface area contributed by atoms with Crippen molar-refractivity contribution in [2.45, 2.75) is 38.3 Å². The fraction of sp³-hybridized carbons (Fsp3) is 0.409. The maximum atomic E-state index is 13.2. The summed E-state index contributed by atoms with van der Waals surface area (Å²) < 4.78 is 0. The van der Waals surface area contributed by atoms with Gasteiger partial charge in [0.15, 0.2) is 5.60 Å². The van der Waals surface area contributed by atoms with Crippen LogP contribution in [-0.2, 0) is 10.4 Å². The minimum atomic E-state index is -1.69. The topological polar surface area (TPSA) is 52.6 Å². The summed E-state index contributed by atoms with van der Waals surface area (Å²) in [6, 6.07) is 18.7. The van der Waals surface area contributed by atoms with Gasteiger partial charge in [-0.25, -0.2) is 0 Å². The van der Waals surface area contributed by atoms with Gasteiger partial charge >= 0.3 is 0 Å². The van der Waals surface area contributed by atoms with Crippen LogP contribution in [0.2, 0.25) is 0 Å². The van der Waals surface area contributed by atoms with Crippen LogP contribution in [0.25, 0.3) is 0 Å². The minimum Gasteiger partial charge on any atom is -0.372 e. The van der Waals surface area contributed by atoms with Gasteiger partial charge in [0.2, 0.25) is 0 Å². The number of rotatable bonds is 9. The van der Waals surface area contributed by atoms with Gasteiger partial charge in [0, 0.05) is 26.2 Å². The second-order valence-electron chi connectivity index (χ2n) is 6.64. The zero-order valence-corrected chi connectivity index (χ0v) is 16.0. The normalized spacial score (nSPS) is 11.6. The Morgan fingerprint density at radius 2 is 1.46 bits per heavy atom. The molecule has 0 aliphatic rings. The van der Waals surface area contributed by atoms with Crippen LogP contribution in [0, 0.1) is 0 Å². The fourth-order valence-electron chi connectivity index (χ4n) is 3.16. The molecular weight excluding hydrogens is 324 g/mol. The molecule has 26 heavy (non-hydrogen) atoms. The van der Waals surface area contributed by atoms with Gasteiger partial charge in [0.1, 0.15) is 0 Å². The number of hydrogen-bond acceptors (Lipinski definition) is 3. The number of aliphatic hydroxyl groups is 1. The van der Waals surface area contributed by atoms with Gasteiger partial charge in [-0.1, -0.05) is 74.5 Å². The average Bonchev–Trinajstić information content (AvgIpc) is 2.71. The lowest BCUT2D eigenvalue weighted by Gasteiger charge is -2.32. The SMILES string of the molecule is CCC(CC)NCCN(C)C(=O)C(O)(c1ccccc1)c1ccccc1. The molecule has 0 fully saturated rings. The molecule has 2 aromatic carbocycles. The highest BCUT2D eigenvalue weighted by atomic mass is 16.3. The zero-order chi connectivity index (χ0) is 19.0. The Kier molecular flexibility index (Phi) is 7.37. The molecule has 0 saturated carbocycles. The maximum absolute atomic E-state index is 13.2. The van der Waals surface area contributed by atoms with E-state index < -0.39 is 5.60 Å². The van der Waals surface area contributed by atoms with Crippen LogP contribution >= 0.6 is 0 Å². The second-order valence-corrected chi connectivity index (χ2v) is 6.64. The van der Waals surface area contributed by atoms with Crippen LogP contribution in [0.4, 0.5) is 0 Å². The molecule has 140 valence electrons. The second kappa shape index (κ2) is 9.51. The van der Waals surface area contributed by atoms with E-state index in [0.717, 1.165) is 12.8 Å². The van der Waals surface area contributed by atoms with Gasteiger partial charge in [-0.15, -0.1) is 0 Å². The van der Waals surface area contributed by atoms with E-state index in [0.29, 0.717) is 30.3 Å². The summed E-state index contributed by atoms with van der Waals surface area (Å²) in [5, 5.41) is 14.9. The molecule has 2 rings (SSSR count). The number of benzene rings is 2. The third-order valence-corrected chi connectivity index (χ3v) is 4.91. The van der Waals surface area contributed by atoms with Crippen LogP contribution in [0.5, 0.6) is 0 Å². The molecule has 0 heterocycles. The molecule has 4 heteroatoms. The zero-order valence-electron chi connectivity index (χ0n) is 16.0. The summed E-state index contributed by atoms with van der Waals surface area (Å²) in [6.07, 6.45) is 2.12. The van der Waals surface area contributed by atoms with Crippen molar-refractivity contribution in [1.82, 2.24) is 10.2 Å². The lowest BCUT2D eigenvalue weighted by molar-refractivity contribution is -0.146. The number of nitrogens with zero attached hydrogens (tertiary/aromatic N) is 1. The average molecular weight is 354 g/mol. The summed E-state index contributed by atoms with van der Waals surface area (Å²) in [7, 11) is 1.74. The summed E-state index contributed by atoms with van der Waals surface area (Å²) >= 11 is 0. The molecule has 0 spiro atoms. The highest BCUT2D eigenvalue weighted by Gasteiger charge is 2.41. The molecule has 0 radical (unpaired) electrons. The number of hydrogen-bond donors (Lipinski definition) is 2. The predicted octanol–water partition coefficient (Wildman–Crippen LogP) is 3.16. The molecule has 1 amide bonds. The van der Waals surface area contributed by atoms with Gasteiger partial charge in [-0.05, 0) is 24.0 Å². The van der Waals surface area contributed by atoms with Gasteiger partial charge in [-0.2, -0.15) is 0 Å². The van der Waals surface area contributed by atoms with Gasteiger partial charge in [0.25, 0.3) is 5.91 Å². The summed E-state index contributed by atoms with van der Waals surface area (Å²) in [5.41, 5.74) is -0.529. The Balaban J connectivity index is 2.22. The third-order valence-electron chi connectivity index (χ3n) is 4.91. The van der Waals surface area contributed by atoms with Crippen molar-refractivity contribution >= 4 is 5.91 Å². The van der Waals surface area contributed by atoms with Crippen molar-refractivity contribution in [3.8, 4) is 0 Å². The number of amides is 1. The molecule has 0 bridgehead atoms. The third kappa shape index (κ3) is 4.51. The molecule has 0 aromatic heterocycles. The number of nitrogens with one attached hydrogen (secondary N) is 1. The first-order valence-electron chi connectivity index (χ1n) is 9.36. The smallest absolute Gasteiger partial charge is 0.263 e. The first-order chi connectivity index (χ1) is 12.5. The predicted molar refractivity (Wildman–Crippen MR) is 106 cm³/mol. The molecule has 0 aliphatic heterocycles. The van der Waals surface area contributed by atoms with Crippen molar-refractivity contribution in [3.63, 3.8) is 0 Å². The molecule has 0 aliphatic carbocycles. The van der Waals surface area contributed by atoms with E-state index >= 15 is 0 Å². The van der Waals surface area contributed by atoms with Crippen LogP contribution in [-0.4, -0.2) is 42.1 Å². The van der Waals surface area contributed by atoms with E-state index in [1.54, 1.807) is 36.2 Å². The van der Waals surface area contributed by atoms with Crippen molar-refractivity contribution in [1.29, 1.82) is 0 Å². The van der Waals surface area contributed by atoms with Crippen LogP contribution in [0.15, 0.2) is 60.7 Å². The summed E-state index contributed by atoms with van der Waals surface area (Å²) in [4.78, 5) is 14.8. The van der Waals surface area contributed by atoms with E-state index in [9.17, 15) is 9.90 Å². The first-order valence-corrected chi connectivity index (χ1v) is 9.36. The van der Waals surface area contributed by atoms with E-state index in [4.69, 9.17) is 0 Å². The quantitative estimate of drug-likeness (QED) is 0.727. The van der Waals surface area contributed by atoms with Gasteiger partial charge in [0.05, 0.1) is 0 Å². The van der Waals surface area contributed by atoms with Crippen LogP contribution in [0.1, 0.15) is 37.8 Å². The molecule has 0 atom stereocenters. The lowest BCUT2D eigenvalue weighted by atomic mass is 9.85. The van der Waals surface area contributed by atoms with Crippen molar-refractivity contribution in [2.75, 3.05) is 20.1 Å². The van der Waals surface area contributed by atoms with Crippen LogP contribution in [0.3, 0.4) is 0 Å². The van der Waals surface area contributed by atoms with E-state index in [1.807, 2.05) is 36.4 Å². The minimum absolute atomic E-state index is 0.318.